The Morgan fingerprint density at radius 1 is 1.00 bits per heavy atom. The van der Waals surface area contributed by atoms with E-state index in [2.05, 4.69) is 25.4 Å². The second-order valence-electron chi connectivity index (χ2n) is 7.74. The van der Waals surface area contributed by atoms with E-state index in [0.29, 0.717) is 24.1 Å². The molecule has 156 valence electrons. The fourth-order valence-electron chi connectivity index (χ4n) is 3.67. The Morgan fingerprint density at radius 3 is 2.53 bits per heavy atom. The lowest BCUT2D eigenvalue weighted by atomic mass is 10.1. The van der Waals surface area contributed by atoms with Gasteiger partial charge in [-0.25, -0.2) is 0 Å². The Hall–Kier alpha value is -3.10. The van der Waals surface area contributed by atoms with Crippen molar-refractivity contribution in [3.63, 3.8) is 0 Å². The highest BCUT2D eigenvalue weighted by atomic mass is 16.2. The normalized spacial score (nSPS) is 15.4. The molecular formula is C22H26N6O2. The van der Waals surface area contributed by atoms with E-state index in [1.807, 2.05) is 44.2 Å². The molecule has 1 aromatic heterocycles. The molecule has 2 heterocycles. The van der Waals surface area contributed by atoms with E-state index in [4.69, 9.17) is 0 Å². The lowest BCUT2D eigenvalue weighted by molar-refractivity contribution is -0.117. The number of anilines is 1. The summed E-state index contributed by atoms with van der Waals surface area (Å²) in [5, 5.41) is 11.8. The van der Waals surface area contributed by atoms with Crippen LogP contribution in [0, 0.1) is 13.8 Å². The molecule has 2 aromatic carbocycles. The first-order chi connectivity index (χ1) is 14.5. The van der Waals surface area contributed by atoms with E-state index >= 15 is 0 Å². The number of nitrogens with zero attached hydrogens (tertiary/aromatic N) is 5. The van der Waals surface area contributed by atoms with Gasteiger partial charge in [0.15, 0.2) is 0 Å². The molecule has 0 radical (unpaired) electrons. The molecule has 0 spiro atoms. The molecular weight excluding hydrogens is 380 g/mol. The van der Waals surface area contributed by atoms with E-state index in [0.717, 1.165) is 43.0 Å². The van der Waals surface area contributed by atoms with Gasteiger partial charge in [-0.2, -0.15) is 4.68 Å². The van der Waals surface area contributed by atoms with Crippen LogP contribution in [0.2, 0.25) is 0 Å². The summed E-state index contributed by atoms with van der Waals surface area (Å²) in [5.41, 5.74) is 3.60. The lowest BCUT2D eigenvalue weighted by Gasteiger charge is -2.34. The van der Waals surface area contributed by atoms with Gasteiger partial charge in [-0.3, -0.25) is 19.4 Å². The van der Waals surface area contributed by atoms with Crippen molar-refractivity contribution >= 4 is 22.5 Å². The van der Waals surface area contributed by atoms with E-state index in [-0.39, 0.29) is 11.5 Å². The maximum Gasteiger partial charge on any atom is 0.278 e. The van der Waals surface area contributed by atoms with E-state index in [1.165, 1.54) is 4.68 Å². The quantitative estimate of drug-likeness (QED) is 0.693. The van der Waals surface area contributed by atoms with Gasteiger partial charge in [0.05, 0.1) is 18.6 Å². The molecule has 1 amide bonds. The average Bonchev–Trinajstić information content (AvgIpc) is 2.75. The molecule has 0 saturated carbocycles. The van der Waals surface area contributed by atoms with Crippen molar-refractivity contribution in [2.75, 3.05) is 38.0 Å². The third kappa shape index (κ3) is 4.39. The molecule has 0 atom stereocenters. The maximum atomic E-state index is 12.6. The summed E-state index contributed by atoms with van der Waals surface area (Å²) >= 11 is 0. The summed E-state index contributed by atoms with van der Waals surface area (Å²) in [6.45, 7) is 7.86. The van der Waals surface area contributed by atoms with Crippen LogP contribution >= 0.6 is 0 Å². The first kappa shape index (κ1) is 20.2. The molecule has 0 aliphatic carbocycles. The van der Waals surface area contributed by atoms with Crippen molar-refractivity contribution in [1.82, 2.24) is 24.8 Å². The zero-order chi connectivity index (χ0) is 21.1. The minimum absolute atomic E-state index is 0.00577. The van der Waals surface area contributed by atoms with Crippen LogP contribution in [0.15, 0.2) is 47.3 Å². The SMILES string of the molecule is Cc1cccc(NC(=O)CN2CCN(Cn3nnc4ccccc4c3=O)CC2)c1C. The Bertz CT molecular complexity index is 1120. The van der Waals surface area contributed by atoms with Gasteiger partial charge >= 0.3 is 0 Å². The lowest BCUT2D eigenvalue weighted by Crippen LogP contribution is -2.49. The van der Waals surface area contributed by atoms with Crippen molar-refractivity contribution in [1.29, 1.82) is 0 Å². The molecule has 30 heavy (non-hydrogen) atoms. The van der Waals surface area contributed by atoms with Crippen molar-refractivity contribution in [2.24, 2.45) is 0 Å². The third-order valence-corrected chi connectivity index (χ3v) is 5.67. The zero-order valence-corrected chi connectivity index (χ0v) is 17.3. The summed E-state index contributed by atoms with van der Waals surface area (Å²) in [6.07, 6.45) is 0. The number of rotatable bonds is 5. The predicted molar refractivity (Wildman–Crippen MR) is 116 cm³/mol. The van der Waals surface area contributed by atoms with Gasteiger partial charge in [0.1, 0.15) is 5.52 Å². The Balaban J connectivity index is 1.31. The second-order valence-corrected chi connectivity index (χ2v) is 7.74. The minimum atomic E-state index is -0.129. The van der Waals surface area contributed by atoms with Gasteiger partial charge in [0, 0.05) is 31.9 Å². The number of piperazine rings is 1. The first-order valence-corrected chi connectivity index (χ1v) is 10.1. The summed E-state index contributed by atoms with van der Waals surface area (Å²) in [5.74, 6) is -0.00577. The first-order valence-electron chi connectivity index (χ1n) is 10.1. The third-order valence-electron chi connectivity index (χ3n) is 5.67. The van der Waals surface area contributed by atoms with Crippen molar-refractivity contribution in [2.45, 2.75) is 20.5 Å². The van der Waals surface area contributed by atoms with Gasteiger partial charge in [0.2, 0.25) is 5.91 Å². The molecule has 1 aliphatic rings. The monoisotopic (exact) mass is 406 g/mol. The van der Waals surface area contributed by atoms with Gasteiger partial charge < -0.3 is 5.32 Å². The smallest absolute Gasteiger partial charge is 0.278 e. The molecule has 4 rings (SSSR count). The standard InChI is InChI=1S/C22H26N6O2/c1-16-6-5-9-19(17(16)2)23-21(29)14-26-10-12-27(13-11-26)15-28-22(30)18-7-3-4-8-20(18)24-25-28/h3-9H,10-15H2,1-2H3,(H,23,29). The number of aryl methyl sites for hydroxylation is 1. The number of carbonyl (C=O) groups is 1. The van der Waals surface area contributed by atoms with Crippen LogP contribution in [-0.2, 0) is 11.5 Å². The molecule has 8 nitrogen and oxygen atoms in total. The Labute approximate surface area is 175 Å². The highest BCUT2D eigenvalue weighted by Crippen LogP contribution is 2.18. The topological polar surface area (TPSA) is 83.4 Å². The maximum absolute atomic E-state index is 12.6. The van der Waals surface area contributed by atoms with E-state index in [9.17, 15) is 9.59 Å². The number of hydrogen-bond acceptors (Lipinski definition) is 6. The summed E-state index contributed by atoms with van der Waals surface area (Å²) in [6, 6.07) is 13.2. The van der Waals surface area contributed by atoms with Crippen LogP contribution in [0.5, 0.6) is 0 Å². The number of hydrogen-bond donors (Lipinski definition) is 1. The average molecular weight is 406 g/mol. The molecule has 1 saturated heterocycles. The highest BCUT2D eigenvalue weighted by Gasteiger charge is 2.20. The number of amides is 1. The van der Waals surface area contributed by atoms with Gasteiger partial charge in [-0.05, 0) is 43.2 Å². The highest BCUT2D eigenvalue weighted by molar-refractivity contribution is 5.93. The zero-order valence-electron chi connectivity index (χ0n) is 17.3. The number of nitrogens with one attached hydrogen (secondary N) is 1. The Morgan fingerprint density at radius 2 is 1.73 bits per heavy atom. The molecule has 1 fully saturated rings. The van der Waals surface area contributed by atoms with Crippen LogP contribution in [0.1, 0.15) is 11.1 Å². The molecule has 1 aliphatic heterocycles. The van der Waals surface area contributed by atoms with Crippen molar-refractivity contribution in [3.05, 3.63) is 63.9 Å². The van der Waals surface area contributed by atoms with E-state index in [1.54, 1.807) is 12.1 Å². The summed E-state index contributed by atoms with van der Waals surface area (Å²) in [7, 11) is 0. The van der Waals surface area contributed by atoms with Crippen LogP contribution < -0.4 is 10.9 Å². The van der Waals surface area contributed by atoms with Gasteiger partial charge in [-0.1, -0.05) is 29.5 Å². The predicted octanol–water partition coefficient (Wildman–Crippen LogP) is 1.62. The van der Waals surface area contributed by atoms with Gasteiger partial charge in [-0.15, -0.1) is 5.10 Å². The molecule has 0 unspecified atom stereocenters. The Kier molecular flexibility index (Phi) is 5.87. The van der Waals surface area contributed by atoms with Crippen LogP contribution in [0.25, 0.3) is 10.9 Å². The molecule has 3 aromatic rings. The fraction of sp³-hybridized carbons (Fsp3) is 0.364. The minimum Gasteiger partial charge on any atom is -0.325 e. The molecule has 0 bridgehead atoms. The summed E-state index contributed by atoms with van der Waals surface area (Å²) in [4.78, 5) is 29.4. The largest absolute Gasteiger partial charge is 0.325 e. The van der Waals surface area contributed by atoms with Gasteiger partial charge in [0.25, 0.3) is 5.56 Å². The van der Waals surface area contributed by atoms with Crippen molar-refractivity contribution in [3.8, 4) is 0 Å². The fourth-order valence-corrected chi connectivity index (χ4v) is 3.67. The van der Waals surface area contributed by atoms with E-state index < -0.39 is 0 Å². The van der Waals surface area contributed by atoms with Crippen LogP contribution in [0.3, 0.4) is 0 Å². The number of fused-ring (bicyclic) bond motifs is 1. The molecule has 1 N–H and O–H groups in total. The second kappa shape index (κ2) is 8.73. The van der Waals surface area contributed by atoms with Crippen molar-refractivity contribution < 1.29 is 4.79 Å². The van der Waals surface area contributed by atoms with Crippen LogP contribution in [0.4, 0.5) is 5.69 Å². The number of carbonyl (C=O) groups excluding carboxylic acids is 1. The van der Waals surface area contributed by atoms with Crippen LogP contribution in [-0.4, -0.2) is 63.4 Å². The molecule has 8 heteroatoms. The number of benzene rings is 2. The summed E-state index contributed by atoms with van der Waals surface area (Å²) < 4.78 is 1.41. The number of aromatic nitrogens is 3.